The highest BCUT2D eigenvalue weighted by molar-refractivity contribution is 14.1. The molecular weight excluding hydrogens is 358 g/mol. The molecule has 1 unspecified atom stereocenters. The standard InChI is InChI=1S/C10H12FIN2O4/c11-10(2-9(10,4-15)5-16)3-14-1-6(12)7(17)13-8(14)18/h1,15-16H,2-5H2,(H,13,17,18). The number of alkyl halides is 1. The van der Waals surface area contributed by atoms with Crippen molar-refractivity contribution in [3.05, 3.63) is 30.6 Å². The summed E-state index contributed by atoms with van der Waals surface area (Å²) < 4.78 is 15.7. The fraction of sp³-hybridized carbons (Fsp3) is 0.600. The summed E-state index contributed by atoms with van der Waals surface area (Å²) in [5, 5.41) is 18.2. The highest BCUT2D eigenvalue weighted by Crippen LogP contribution is 2.59. The van der Waals surface area contributed by atoms with Crippen molar-refractivity contribution in [3.63, 3.8) is 0 Å². The fourth-order valence-electron chi connectivity index (χ4n) is 2.03. The molecule has 1 fully saturated rings. The zero-order valence-electron chi connectivity index (χ0n) is 9.32. The number of aromatic amines is 1. The number of aliphatic hydroxyl groups excluding tert-OH is 2. The van der Waals surface area contributed by atoms with Gasteiger partial charge in [-0.2, -0.15) is 0 Å². The second kappa shape index (κ2) is 4.42. The number of hydrogen-bond donors (Lipinski definition) is 3. The molecular formula is C10H12FIN2O4. The molecule has 8 heteroatoms. The molecule has 1 aliphatic carbocycles. The van der Waals surface area contributed by atoms with Crippen molar-refractivity contribution < 1.29 is 14.6 Å². The first kappa shape index (κ1) is 13.7. The summed E-state index contributed by atoms with van der Waals surface area (Å²) in [6.07, 6.45) is 1.26. The van der Waals surface area contributed by atoms with Crippen LogP contribution in [-0.4, -0.2) is 38.6 Å². The summed E-state index contributed by atoms with van der Waals surface area (Å²) in [6, 6.07) is 0. The quantitative estimate of drug-likeness (QED) is 0.607. The maximum absolute atomic E-state index is 14.3. The second-order valence-electron chi connectivity index (χ2n) is 4.60. The largest absolute Gasteiger partial charge is 0.396 e. The molecule has 1 aromatic heterocycles. The van der Waals surface area contributed by atoms with Crippen LogP contribution in [0.1, 0.15) is 6.42 Å². The maximum atomic E-state index is 14.3. The molecule has 1 heterocycles. The van der Waals surface area contributed by atoms with E-state index in [-0.39, 0.29) is 16.5 Å². The Morgan fingerprint density at radius 3 is 2.56 bits per heavy atom. The van der Waals surface area contributed by atoms with Gasteiger partial charge in [-0.05, 0) is 29.0 Å². The summed E-state index contributed by atoms with van der Waals surface area (Å²) in [5.74, 6) is 0. The van der Waals surface area contributed by atoms with Gasteiger partial charge < -0.3 is 10.2 Å². The minimum atomic E-state index is -1.82. The minimum Gasteiger partial charge on any atom is -0.396 e. The second-order valence-corrected chi connectivity index (χ2v) is 5.77. The van der Waals surface area contributed by atoms with Crippen LogP contribution in [0.25, 0.3) is 0 Å². The zero-order chi connectivity index (χ0) is 13.6. The van der Waals surface area contributed by atoms with Crippen LogP contribution in [-0.2, 0) is 6.54 Å². The highest BCUT2D eigenvalue weighted by atomic mass is 127. The van der Waals surface area contributed by atoms with Gasteiger partial charge in [0.1, 0.15) is 5.67 Å². The molecule has 1 atom stereocenters. The lowest BCUT2D eigenvalue weighted by Crippen LogP contribution is -2.36. The number of H-pyrrole nitrogens is 1. The zero-order valence-corrected chi connectivity index (χ0v) is 11.5. The van der Waals surface area contributed by atoms with Crippen molar-refractivity contribution in [2.24, 2.45) is 5.41 Å². The van der Waals surface area contributed by atoms with Crippen LogP contribution in [0.5, 0.6) is 0 Å². The van der Waals surface area contributed by atoms with Crippen LogP contribution >= 0.6 is 22.6 Å². The molecule has 3 N–H and O–H groups in total. The van der Waals surface area contributed by atoms with Gasteiger partial charge in [-0.15, -0.1) is 0 Å². The Morgan fingerprint density at radius 1 is 1.44 bits per heavy atom. The van der Waals surface area contributed by atoms with Gasteiger partial charge in [0.05, 0.1) is 28.7 Å². The number of aliphatic hydroxyl groups is 2. The van der Waals surface area contributed by atoms with Crippen LogP contribution < -0.4 is 11.2 Å². The van der Waals surface area contributed by atoms with E-state index in [0.717, 1.165) is 4.57 Å². The summed E-state index contributed by atoms with van der Waals surface area (Å²) in [7, 11) is 0. The van der Waals surface area contributed by atoms with Crippen LogP contribution in [0.3, 0.4) is 0 Å². The van der Waals surface area contributed by atoms with Gasteiger partial charge in [0.15, 0.2) is 0 Å². The van der Waals surface area contributed by atoms with E-state index in [1.165, 1.54) is 6.20 Å². The number of nitrogens with one attached hydrogen (secondary N) is 1. The third-order valence-electron chi connectivity index (χ3n) is 3.44. The SMILES string of the molecule is O=c1[nH]c(=O)n(CC2(F)CC2(CO)CO)cc1I. The van der Waals surface area contributed by atoms with E-state index in [0.29, 0.717) is 0 Å². The van der Waals surface area contributed by atoms with Crippen LogP contribution in [0.4, 0.5) is 4.39 Å². The van der Waals surface area contributed by atoms with Crippen molar-refractivity contribution >= 4 is 22.6 Å². The number of rotatable bonds is 4. The van der Waals surface area contributed by atoms with Gasteiger partial charge in [-0.25, -0.2) is 9.18 Å². The molecule has 2 rings (SSSR count). The Morgan fingerprint density at radius 2 is 2.06 bits per heavy atom. The lowest BCUT2D eigenvalue weighted by Gasteiger charge is -2.16. The lowest BCUT2D eigenvalue weighted by atomic mass is 10.1. The molecule has 0 saturated heterocycles. The van der Waals surface area contributed by atoms with E-state index in [4.69, 9.17) is 10.2 Å². The first-order valence-electron chi connectivity index (χ1n) is 5.27. The topological polar surface area (TPSA) is 95.3 Å². The Kier molecular flexibility index (Phi) is 3.36. The smallest absolute Gasteiger partial charge is 0.328 e. The highest BCUT2D eigenvalue weighted by Gasteiger charge is 2.68. The van der Waals surface area contributed by atoms with Gasteiger partial charge in [0.2, 0.25) is 0 Å². The molecule has 0 aliphatic heterocycles. The maximum Gasteiger partial charge on any atom is 0.328 e. The molecule has 100 valence electrons. The fourth-order valence-corrected chi connectivity index (χ4v) is 2.50. The monoisotopic (exact) mass is 370 g/mol. The van der Waals surface area contributed by atoms with E-state index < -0.39 is 35.5 Å². The number of hydrogen-bond acceptors (Lipinski definition) is 4. The normalized spacial score (nSPS) is 25.1. The minimum absolute atomic E-state index is 0.00482. The van der Waals surface area contributed by atoms with E-state index in [1.807, 2.05) is 0 Å². The molecule has 1 saturated carbocycles. The number of aromatic nitrogens is 2. The van der Waals surface area contributed by atoms with E-state index >= 15 is 0 Å². The third kappa shape index (κ3) is 2.01. The average molecular weight is 370 g/mol. The molecule has 18 heavy (non-hydrogen) atoms. The average Bonchev–Trinajstić information content (AvgIpc) is 2.92. The van der Waals surface area contributed by atoms with Crippen LogP contribution in [0, 0.1) is 8.99 Å². The van der Waals surface area contributed by atoms with E-state index in [9.17, 15) is 14.0 Å². The Hall–Kier alpha value is -0.740. The van der Waals surface area contributed by atoms with Crippen LogP contribution in [0.2, 0.25) is 0 Å². The first-order chi connectivity index (χ1) is 8.37. The van der Waals surface area contributed by atoms with E-state index in [2.05, 4.69) is 4.98 Å². The van der Waals surface area contributed by atoms with Crippen molar-refractivity contribution in [1.82, 2.24) is 9.55 Å². The lowest BCUT2D eigenvalue weighted by molar-refractivity contribution is 0.0721. The van der Waals surface area contributed by atoms with E-state index in [1.54, 1.807) is 22.6 Å². The first-order valence-corrected chi connectivity index (χ1v) is 6.35. The van der Waals surface area contributed by atoms with Gasteiger partial charge >= 0.3 is 5.69 Å². The van der Waals surface area contributed by atoms with Gasteiger partial charge in [0, 0.05) is 6.20 Å². The Labute approximate surface area is 115 Å². The van der Waals surface area contributed by atoms with Crippen molar-refractivity contribution in [2.75, 3.05) is 13.2 Å². The van der Waals surface area contributed by atoms with Gasteiger partial charge in [-0.3, -0.25) is 14.3 Å². The van der Waals surface area contributed by atoms with Crippen molar-refractivity contribution in [2.45, 2.75) is 18.6 Å². The summed E-state index contributed by atoms with van der Waals surface area (Å²) in [5.41, 5.74) is -4.22. The summed E-state index contributed by atoms with van der Waals surface area (Å²) >= 11 is 1.74. The predicted molar refractivity (Wildman–Crippen MR) is 69.1 cm³/mol. The van der Waals surface area contributed by atoms with Crippen LogP contribution in [0.15, 0.2) is 15.8 Å². The molecule has 6 nitrogen and oxygen atoms in total. The van der Waals surface area contributed by atoms with Gasteiger partial charge in [-0.1, -0.05) is 0 Å². The molecule has 0 aromatic carbocycles. The summed E-state index contributed by atoms with van der Waals surface area (Å²) in [4.78, 5) is 24.7. The molecule has 1 aliphatic rings. The molecule has 0 spiro atoms. The predicted octanol–water partition coefficient (Wildman–Crippen LogP) is -0.776. The van der Waals surface area contributed by atoms with Crippen molar-refractivity contribution in [1.29, 1.82) is 0 Å². The Bertz CT molecular complexity index is 580. The van der Waals surface area contributed by atoms with Gasteiger partial charge in [0.25, 0.3) is 5.56 Å². The van der Waals surface area contributed by atoms with Crippen molar-refractivity contribution in [3.8, 4) is 0 Å². The Balaban J connectivity index is 2.30. The number of halogens is 2. The molecule has 0 bridgehead atoms. The third-order valence-corrected chi connectivity index (χ3v) is 4.21. The molecule has 1 aromatic rings. The number of nitrogens with zero attached hydrogens (tertiary/aromatic N) is 1. The molecule has 0 radical (unpaired) electrons. The molecule has 0 amide bonds. The summed E-state index contributed by atoms with van der Waals surface area (Å²) in [6.45, 7) is -1.25.